The van der Waals surface area contributed by atoms with E-state index in [-0.39, 0.29) is 6.04 Å². The minimum Gasteiger partial charge on any atom is -0.493 e. The van der Waals surface area contributed by atoms with E-state index in [1.807, 2.05) is 0 Å². The Morgan fingerprint density at radius 2 is 2.00 bits per heavy atom. The highest BCUT2D eigenvalue weighted by molar-refractivity contribution is 5.46. The summed E-state index contributed by atoms with van der Waals surface area (Å²) in [6.07, 6.45) is 4.04. The molecule has 0 aliphatic carbocycles. The first kappa shape index (κ1) is 14.9. The number of para-hydroxylation sites is 1. The zero-order chi connectivity index (χ0) is 14.8. The Hall–Kier alpha value is -1.06. The summed E-state index contributed by atoms with van der Waals surface area (Å²) in [5.74, 6) is 1.94. The smallest absolute Gasteiger partial charge is 0.127 e. The molecule has 1 saturated heterocycles. The highest BCUT2D eigenvalue weighted by atomic mass is 16.5. The molecule has 3 rings (SSSR count). The molecule has 2 unspecified atom stereocenters. The average molecular weight is 288 g/mol. The standard InChI is InChI=1S/C18H28N2O/c1-13(2)15-7-6-8-16-17(19)14(12-21-18(15)16)11-20-9-4-3-5-10-20/h6-8,13-14,17H,3-5,9-12,19H2,1-2H3. The first-order valence-electron chi connectivity index (χ1n) is 8.40. The first-order valence-corrected chi connectivity index (χ1v) is 8.40. The number of benzene rings is 1. The molecule has 0 bridgehead atoms. The van der Waals surface area contributed by atoms with Crippen LogP contribution in [0.2, 0.25) is 0 Å². The van der Waals surface area contributed by atoms with Crippen molar-refractivity contribution in [3.05, 3.63) is 29.3 Å². The zero-order valence-corrected chi connectivity index (χ0v) is 13.3. The van der Waals surface area contributed by atoms with E-state index in [1.54, 1.807) is 0 Å². The van der Waals surface area contributed by atoms with Crippen LogP contribution in [0.1, 0.15) is 56.2 Å². The van der Waals surface area contributed by atoms with Crippen molar-refractivity contribution in [1.29, 1.82) is 0 Å². The van der Waals surface area contributed by atoms with Crippen molar-refractivity contribution >= 4 is 0 Å². The lowest BCUT2D eigenvalue weighted by atomic mass is 9.87. The van der Waals surface area contributed by atoms with Gasteiger partial charge in [-0.2, -0.15) is 0 Å². The molecular formula is C18H28N2O. The monoisotopic (exact) mass is 288 g/mol. The average Bonchev–Trinajstić information content (AvgIpc) is 2.50. The molecule has 0 spiro atoms. The van der Waals surface area contributed by atoms with Gasteiger partial charge < -0.3 is 15.4 Å². The van der Waals surface area contributed by atoms with Crippen molar-refractivity contribution in [2.45, 2.75) is 45.1 Å². The largest absolute Gasteiger partial charge is 0.493 e. The number of nitrogens with zero attached hydrogens (tertiary/aromatic N) is 1. The molecule has 1 aromatic rings. The number of nitrogens with two attached hydrogens (primary N) is 1. The molecule has 0 aromatic heterocycles. The van der Waals surface area contributed by atoms with Gasteiger partial charge in [0.2, 0.25) is 0 Å². The minimum absolute atomic E-state index is 0.106. The van der Waals surface area contributed by atoms with E-state index in [1.165, 1.54) is 43.5 Å². The summed E-state index contributed by atoms with van der Waals surface area (Å²) in [5.41, 5.74) is 9.06. The fraction of sp³-hybridized carbons (Fsp3) is 0.667. The Morgan fingerprint density at radius 1 is 1.24 bits per heavy atom. The van der Waals surface area contributed by atoms with Gasteiger partial charge in [-0.25, -0.2) is 0 Å². The summed E-state index contributed by atoms with van der Waals surface area (Å²) in [4.78, 5) is 2.56. The quantitative estimate of drug-likeness (QED) is 0.927. The molecule has 116 valence electrons. The maximum atomic E-state index is 6.57. The second kappa shape index (κ2) is 6.37. The number of fused-ring (bicyclic) bond motifs is 1. The van der Waals surface area contributed by atoms with E-state index in [2.05, 4.69) is 36.9 Å². The summed E-state index contributed by atoms with van der Waals surface area (Å²) in [6.45, 7) is 8.71. The molecule has 2 aliphatic rings. The molecule has 2 aliphatic heterocycles. The van der Waals surface area contributed by atoms with Gasteiger partial charge in [0.1, 0.15) is 5.75 Å². The van der Waals surface area contributed by atoms with Crippen LogP contribution in [0.4, 0.5) is 0 Å². The summed E-state index contributed by atoms with van der Waals surface area (Å²) in [7, 11) is 0. The second-order valence-electron chi connectivity index (χ2n) is 6.88. The Labute approximate surface area is 128 Å². The lowest BCUT2D eigenvalue weighted by molar-refractivity contribution is 0.125. The van der Waals surface area contributed by atoms with Crippen LogP contribution in [-0.4, -0.2) is 31.1 Å². The fourth-order valence-corrected chi connectivity index (χ4v) is 3.65. The Bertz CT molecular complexity index is 480. The Balaban J connectivity index is 1.75. The third-order valence-electron chi connectivity index (χ3n) is 4.95. The van der Waals surface area contributed by atoms with Gasteiger partial charge in [-0.15, -0.1) is 0 Å². The van der Waals surface area contributed by atoms with Crippen LogP contribution in [0.5, 0.6) is 5.75 Å². The lowest BCUT2D eigenvalue weighted by Crippen LogP contribution is -2.42. The highest BCUT2D eigenvalue weighted by Gasteiger charge is 2.31. The predicted molar refractivity (Wildman–Crippen MR) is 86.7 cm³/mol. The predicted octanol–water partition coefficient (Wildman–Crippen LogP) is 3.30. The molecule has 0 amide bonds. The van der Waals surface area contributed by atoms with Crippen LogP contribution in [-0.2, 0) is 0 Å². The van der Waals surface area contributed by atoms with Crippen molar-refractivity contribution in [2.24, 2.45) is 11.7 Å². The number of hydrogen-bond acceptors (Lipinski definition) is 3. The second-order valence-corrected chi connectivity index (χ2v) is 6.88. The minimum atomic E-state index is 0.106. The van der Waals surface area contributed by atoms with Crippen LogP contribution in [0.25, 0.3) is 0 Å². The van der Waals surface area contributed by atoms with Gasteiger partial charge >= 0.3 is 0 Å². The number of rotatable bonds is 3. The molecular weight excluding hydrogens is 260 g/mol. The molecule has 3 heteroatoms. The molecule has 2 atom stereocenters. The van der Waals surface area contributed by atoms with Crippen LogP contribution < -0.4 is 10.5 Å². The molecule has 3 nitrogen and oxygen atoms in total. The first-order chi connectivity index (χ1) is 10.2. The summed E-state index contributed by atoms with van der Waals surface area (Å²) >= 11 is 0. The molecule has 21 heavy (non-hydrogen) atoms. The van der Waals surface area contributed by atoms with Gasteiger partial charge in [0, 0.05) is 24.1 Å². The van der Waals surface area contributed by atoms with Gasteiger partial charge in [-0.1, -0.05) is 38.5 Å². The maximum Gasteiger partial charge on any atom is 0.127 e. The van der Waals surface area contributed by atoms with Crippen molar-refractivity contribution < 1.29 is 4.74 Å². The third-order valence-corrected chi connectivity index (χ3v) is 4.95. The van der Waals surface area contributed by atoms with E-state index >= 15 is 0 Å². The van der Waals surface area contributed by atoms with E-state index in [4.69, 9.17) is 10.5 Å². The van der Waals surface area contributed by atoms with Gasteiger partial charge in [0.25, 0.3) is 0 Å². The maximum absolute atomic E-state index is 6.57. The topological polar surface area (TPSA) is 38.5 Å². The van der Waals surface area contributed by atoms with Crippen LogP contribution in [0, 0.1) is 5.92 Å². The lowest BCUT2D eigenvalue weighted by Gasteiger charge is -2.37. The van der Waals surface area contributed by atoms with Crippen molar-refractivity contribution in [1.82, 2.24) is 4.90 Å². The summed E-state index contributed by atoms with van der Waals surface area (Å²) in [6, 6.07) is 6.55. The van der Waals surface area contributed by atoms with Crippen molar-refractivity contribution in [2.75, 3.05) is 26.2 Å². The number of piperidine rings is 1. The number of hydrogen-bond donors (Lipinski definition) is 1. The van der Waals surface area contributed by atoms with E-state index in [0.717, 1.165) is 18.9 Å². The Kier molecular flexibility index (Phi) is 4.51. The van der Waals surface area contributed by atoms with E-state index < -0.39 is 0 Å². The van der Waals surface area contributed by atoms with Gasteiger partial charge in [-0.05, 0) is 37.4 Å². The van der Waals surface area contributed by atoms with Gasteiger partial charge in [0.05, 0.1) is 6.61 Å². The Morgan fingerprint density at radius 3 is 2.71 bits per heavy atom. The zero-order valence-electron chi connectivity index (χ0n) is 13.3. The highest BCUT2D eigenvalue weighted by Crippen LogP contribution is 2.39. The number of ether oxygens (including phenoxy) is 1. The van der Waals surface area contributed by atoms with E-state index in [0.29, 0.717) is 11.8 Å². The molecule has 2 N–H and O–H groups in total. The normalized spacial score (nSPS) is 26.5. The summed E-state index contributed by atoms with van der Waals surface area (Å²) in [5, 5.41) is 0. The van der Waals surface area contributed by atoms with Crippen LogP contribution in [0.15, 0.2) is 18.2 Å². The molecule has 0 radical (unpaired) electrons. The van der Waals surface area contributed by atoms with E-state index in [9.17, 15) is 0 Å². The SMILES string of the molecule is CC(C)c1cccc2c1OCC(CN1CCCCC1)C2N. The number of likely N-dealkylation sites (tertiary alicyclic amines) is 1. The molecule has 1 aromatic carbocycles. The van der Waals surface area contributed by atoms with Gasteiger partial charge in [-0.3, -0.25) is 0 Å². The molecule has 2 heterocycles. The third kappa shape index (κ3) is 3.09. The van der Waals surface area contributed by atoms with Crippen LogP contribution in [0.3, 0.4) is 0 Å². The van der Waals surface area contributed by atoms with Crippen molar-refractivity contribution in [3.63, 3.8) is 0 Å². The molecule has 0 saturated carbocycles. The fourth-order valence-electron chi connectivity index (χ4n) is 3.65. The van der Waals surface area contributed by atoms with Crippen molar-refractivity contribution in [3.8, 4) is 5.75 Å². The van der Waals surface area contributed by atoms with Gasteiger partial charge in [0.15, 0.2) is 0 Å². The molecule has 1 fully saturated rings. The summed E-state index contributed by atoms with van der Waals surface area (Å²) < 4.78 is 6.13. The van der Waals surface area contributed by atoms with Crippen LogP contribution >= 0.6 is 0 Å².